The van der Waals surface area contributed by atoms with Crippen molar-refractivity contribution in [2.75, 3.05) is 0 Å². The zero-order valence-corrected chi connectivity index (χ0v) is 16.0. The number of hydrogen-bond acceptors (Lipinski definition) is 5. The van der Waals surface area contributed by atoms with Gasteiger partial charge in [0.05, 0.1) is 17.4 Å². The topological polar surface area (TPSA) is 84.3 Å². The van der Waals surface area contributed by atoms with Gasteiger partial charge < -0.3 is 5.32 Å². The summed E-state index contributed by atoms with van der Waals surface area (Å²) in [5.41, 5.74) is 4.08. The zero-order chi connectivity index (χ0) is 19.2. The van der Waals surface area contributed by atoms with Gasteiger partial charge in [-0.3, -0.25) is 9.59 Å². The Kier molecular flexibility index (Phi) is 4.11. The Labute approximate surface area is 160 Å². The van der Waals surface area contributed by atoms with Crippen LogP contribution in [0.3, 0.4) is 0 Å². The molecule has 0 spiro atoms. The van der Waals surface area contributed by atoms with E-state index in [-0.39, 0.29) is 23.1 Å². The summed E-state index contributed by atoms with van der Waals surface area (Å²) in [5, 5.41) is 2.87. The number of fused-ring (bicyclic) bond motifs is 2. The molecule has 0 saturated heterocycles. The Morgan fingerprint density at radius 3 is 2.74 bits per heavy atom. The first kappa shape index (κ1) is 17.5. The van der Waals surface area contributed by atoms with Gasteiger partial charge in [0.1, 0.15) is 11.0 Å². The Morgan fingerprint density at radius 2 is 1.96 bits per heavy atom. The van der Waals surface area contributed by atoms with Gasteiger partial charge in [0, 0.05) is 23.3 Å². The van der Waals surface area contributed by atoms with Crippen molar-refractivity contribution in [2.24, 2.45) is 16.3 Å². The molecule has 0 fully saturated rings. The van der Waals surface area contributed by atoms with Crippen LogP contribution in [-0.4, -0.2) is 26.3 Å². The summed E-state index contributed by atoms with van der Waals surface area (Å²) in [4.78, 5) is 28.8. The van der Waals surface area contributed by atoms with E-state index in [4.69, 9.17) is 0 Å². The average Bonchev–Trinajstić information content (AvgIpc) is 3.07. The van der Waals surface area contributed by atoms with Crippen LogP contribution < -0.4 is 5.32 Å². The highest BCUT2D eigenvalue weighted by Gasteiger charge is 2.32. The van der Waals surface area contributed by atoms with Crippen molar-refractivity contribution in [3.05, 3.63) is 59.3 Å². The van der Waals surface area contributed by atoms with Gasteiger partial charge in [-0.15, -0.1) is 0 Å². The van der Waals surface area contributed by atoms with E-state index in [1.54, 1.807) is 30.4 Å². The van der Waals surface area contributed by atoms with Gasteiger partial charge in [-0.2, -0.15) is 8.75 Å². The van der Waals surface area contributed by atoms with E-state index in [2.05, 4.69) is 39.8 Å². The lowest BCUT2D eigenvalue weighted by Crippen LogP contribution is -2.36. The number of aliphatic imine (C=N–C) groups is 1. The molecule has 1 aromatic carbocycles. The average molecular weight is 378 g/mol. The molecule has 2 heterocycles. The summed E-state index contributed by atoms with van der Waals surface area (Å²) in [7, 11) is 0. The number of nitrogens with one attached hydrogen (secondary N) is 1. The smallest absolute Gasteiger partial charge is 0.277 e. The van der Waals surface area contributed by atoms with Crippen LogP contribution in [0.1, 0.15) is 31.1 Å². The molecule has 1 aliphatic heterocycles. The quantitative estimate of drug-likeness (QED) is 0.824. The first-order valence-electron chi connectivity index (χ1n) is 8.59. The van der Waals surface area contributed by atoms with Gasteiger partial charge in [-0.1, -0.05) is 26.8 Å². The molecule has 2 amide bonds. The van der Waals surface area contributed by atoms with Gasteiger partial charge in [-0.05, 0) is 41.3 Å². The third-order valence-corrected chi connectivity index (χ3v) is 5.14. The fourth-order valence-electron chi connectivity index (χ4n) is 3.24. The predicted octanol–water partition coefficient (Wildman–Crippen LogP) is 3.44. The molecule has 27 heavy (non-hydrogen) atoms. The maximum Gasteiger partial charge on any atom is 0.277 e. The number of nitrogens with zero attached hydrogens (tertiary/aromatic N) is 3. The van der Waals surface area contributed by atoms with Crippen LogP contribution in [-0.2, 0) is 4.79 Å². The van der Waals surface area contributed by atoms with Crippen molar-refractivity contribution in [2.45, 2.75) is 20.8 Å². The highest BCUT2D eigenvalue weighted by molar-refractivity contribution is 7.00. The van der Waals surface area contributed by atoms with Crippen LogP contribution in [0.15, 0.2) is 58.8 Å². The van der Waals surface area contributed by atoms with Crippen molar-refractivity contribution in [1.82, 2.24) is 14.1 Å². The van der Waals surface area contributed by atoms with Crippen LogP contribution in [0.4, 0.5) is 0 Å². The normalized spacial score (nSPS) is 20.9. The SMILES string of the molecule is CC(C)(C)C1=CC(=O)NC2=CC(=NC(=O)c3ccc4nsnc4c3)C=CC21. The van der Waals surface area contributed by atoms with E-state index in [0.29, 0.717) is 16.8 Å². The number of aromatic nitrogens is 2. The Hall–Kier alpha value is -2.93. The van der Waals surface area contributed by atoms with E-state index < -0.39 is 0 Å². The molecular formula is C20H18N4O2S. The van der Waals surface area contributed by atoms with Crippen molar-refractivity contribution < 1.29 is 9.59 Å². The van der Waals surface area contributed by atoms with Crippen molar-refractivity contribution >= 4 is 40.3 Å². The minimum absolute atomic E-state index is 0.00539. The number of allylic oxidation sites excluding steroid dienone is 3. The molecule has 4 rings (SSSR count). The van der Waals surface area contributed by atoms with Gasteiger partial charge in [-0.25, -0.2) is 4.99 Å². The molecule has 1 aliphatic carbocycles. The third-order valence-electron chi connectivity index (χ3n) is 4.58. The minimum Gasteiger partial charge on any atom is -0.325 e. The zero-order valence-electron chi connectivity index (χ0n) is 15.2. The lowest BCUT2D eigenvalue weighted by molar-refractivity contribution is -0.116. The number of amides is 2. The van der Waals surface area contributed by atoms with E-state index >= 15 is 0 Å². The first-order chi connectivity index (χ1) is 12.8. The van der Waals surface area contributed by atoms with E-state index in [9.17, 15) is 9.59 Å². The molecule has 1 unspecified atom stereocenters. The third kappa shape index (κ3) is 3.38. The van der Waals surface area contributed by atoms with Crippen LogP contribution in [0.25, 0.3) is 11.0 Å². The molecule has 7 heteroatoms. The van der Waals surface area contributed by atoms with Gasteiger partial charge in [0.2, 0.25) is 5.91 Å². The Morgan fingerprint density at radius 1 is 1.19 bits per heavy atom. The lowest BCUT2D eigenvalue weighted by Gasteiger charge is -2.34. The van der Waals surface area contributed by atoms with Gasteiger partial charge in [0.15, 0.2) is 0 Å². The number of carbonyl (C=O) groups is 2. The first-order valence-corrected chi connectivity index (χ1v) is 9.32. The van der Waals surface area contributed by atoms with Crippen LogP contribution in [0.2, 0.25) is 0 Å². The maximum atomic E-state index is 12.5. The highest BCUT2D eigenvalue weighted by atomic mass is 32.1. The second-order valence-corrected chi connectivity index (χ2v) is 8.11. The summed E-state index contributed by atoms with van der Waals surface area (Å²) in [6, 6.07) is 5.15. The van der Waals surface area contributed by atoms with Gasteiger partial charge in [0.25, 0.3) is 5.91 Å². The molecule has 0 radical (unpaired) electrons. The Balaban J connectivity index is 1.64. The minimum atomic E-state index is -0.353. The molecular weight excluding hydrogens is 360 g/mol. The number of rotatable bonds is 1. The molecule has 0 bridgehead atoms. The lowest BCUT2D eigenvalue weighted by atomic mass is 9.74. The van der Waals surface area contributed by atoms with Crippen LogP contribution in [0, 0.1) is 11.3 Å². The molecule has 136 valence electrons. The number of benzene rings is 1. The van der Waals surface area contributed by atoms with E-state index in [1.165, 1.54) is 0 Å². The van der Waals surface area contributed by atoms with Crippen LogP contribution in [0.5, 0.6) is 0 Å². The van der Waals surface area contributed by atoms with Crippen molar-refractivity contribution in [1.29, 1.82) is 0 Å². The number of carbonyl (C=O) groups excluding carboxylic acids is 2. The maximum absolute atomic E-state index is 12.5. The summed E-state index contributed by atoms with van der Waals surface area (Å²) in [6.45, 7) is 6.25. The summed E-state index contributed by atoms with van der Waals surface area (Å²) >= 11 is 1.11. The van der Waals surface area contributed by atoms with Gasteiger partial charge >= 0.3 is 0 Å². The summed E-state index contributed by atoms with van der Waals surface area (Å²) in [6.07, 6.45) is 7.23. The fourth-order valence-corrected chi connectivity index (χ4v) is 3.76. The monoisotopic (exact) mass is 378 g/mol. The van der Waals surface area contributed by atoms with E-state index in [0.717, 1.165) is 28.5 Å². The largest absolute Gasteiger partial charge is 0.325 e. The second-order valence-electron chi connectivity index (χ2n) is 7.58. The molecule has 0 saturated carbocycles. The molecule has 2 aliphatic rings. The molecule has 2 aromatic rings. The van der Waals surface area contributed by atoms with Crippen molar-refractivity contribution in [3.8, 4) is 0 Å². The summed E-state index contributed by atoms with van der Waals surface area (Å²) < 4.78 is 8.28. The summed E-state index contributed by atoms with van der Waals surface area (Å²) in [5.74, 6) is -0.507. The van der Waals surface area contributed by atoms with Crippen LogP contribution >= 0.6 is 11.7 Å². The standard InChI is InChI=1S/C20H18N4O2S/c1-20(2,3)14-10-18(25)22-16-9-12(5-6-13(14)16)21-19(26)11-4-7-15-17(8-11)24-27-23-15/h4-10,13H,1-3H3,(H,22,25). The fraction of sp³-hybridized carbons (Fsp3) is 0.250. The molecule has 6 nitrogen and oxygen atoms in total. The number of hydrogen-bond donors (Lipinski definition) is 1. The van der Waals surface area contributed by atoms with E-state index in [1.807, 2.05) is 12.2 Å². The predicted molar refractivity (Wildman–Crippen MR) is 106 cm³/mol. The molecule has 1 N–H and O–H groups in total. The Bertz CT molecular complexity index is 1080. The second kappa shape index (κ2) is 6.35. The molecule has 1 aromatic heterocycles. The highest BCUT2D eigenvalue weighted by Crippen LogP contribution is 2.38. The van der Waals surface area contributed by atoms with Crippen molar-refractivity contribution in [3.63, 3.8) is 0 Å². The molecule has 1 atom stereocenters.